The maximum Gasteiger partial charge on any atom is 0.319 e. The zero-order valence-electron chi connectivity index (χ0n) is 19.5. The summed E-state index contributed by atoms with van der Waals surface area (Å²) in [5.74, 6) is -0.463. The van der Waals surface area contributed by atoms with Gasteiger partial charge in [0.1, 0.15) is 11.6 Å². The van der Waals surface area contributed by atoms with Crippen molar-refractivity contribution in [3.63, 3.8) is 0 Å². The summed E-state index contributed by atoms with van der Waals surface area (Å²) in [4.78, 5) is 14.7. The Hall–Kier alpha value is -3.25. The first-order chi connectivity index (χ1) is 16.5. The van der Waals surface area contributed by atoms with E-state index in [4.69, 9.17) is 0 Å². The molecule has 0 radical (unpaired) electrons. The minimum atomic E-state index is -0.248. The Bertz CT molecular complexity index is 1120. The molecule has 178 valence electrons. The first-order valence-corrected chi connectivity index (χ1v) is 11.9. The van der Waals surface area contributed by atoms with Crippen molar-refractivity contribution in [2.45, 2.75) is 45.2 Å². The fourth-order valence-corrected chi connectivity index (χ4v) is 4.55. The molecule has 3 aromatic carbocycles. The van der Waals surface area contributed by atoms with Gasteiger partial charge in [0.15, 0.2) is 0 Å². The van der Waals surface area contributed by atoms with E-state index in [1.165, 1.54) is 23.8 Å². The molecule has 0 bridgehead atoms. The smallest absolute Gasteiger partial charge is 0.319 e. The highest BCUT2D eigenvalue weighted by atomic mass is 19.1. The van der Waals surface area contributed by atoms with Crippen LogP contribution in [0.2, 0.25) is 0 Å². The Morgan fingerprint density at radius 3 is 2.56 bits per heavy atom. The second kappa shape index (κ2) is 11.3. The van der Waals surface area contributed by atoms with Crippen molar-refractivity contribution in [3.8, 4) is 0 Å². The quantitative estimate of drug-likeness (QED) is 0.421. The third-order valence-corrected chi connectivity index (χ3v) is 6.40. The third-order valence-electron chi connectivity index (χ3n) is 6.40. The Labute approximate surface area is 200 Å². The van der Waals surface area contributed by atoms with Crippen LogP contribution in [-0.2, 0) is 25.8 Å². The van der Waals surface area contributed by atoms with Gasteiger partial charge in [0.2, 0.25) is 0 Å². The first-order valence-electron chi connectivity index (χ1n) is 11.9. The van der Waals surface area contributed by atoms with Crippen LogP contribution >= 0.6 is 0 Å². The van der Waals surface area contributed by atoms with Gasteiger partial charge in [-0.2, -0.15) is 0 Å². The lowest BCUT2D eigenvalue weighted by Crippen LogP contribution is -2.43. The largest absolute Gasteiger partial charge is 0.338 e. The normalized spacial score (nSPS) is 15.6. The number of nitrogens with zero attached hydrogens (tertiary/aromatic N) is 1. The van der Waals surface area contributed by atoms with Crippen molar-refractivity contribution in [3.05, 3.63) is 101 Å². The van der Waals surface area contributed by atoms with Crippen LogP contribution in [0.5, 0.6) is 0 Å². The van der Waals surface area contributed by atoms with Gasteiger partial charge >= 0.3 is 6.03 Å². The lowest BCUT2D eigenvalue weighted by Gasteiger charge is -2.37. The molecule has 0 saturated heterocycles. The molecular formula is C28H31F2N3O. The van der Waals surface area contributed by atoms with Crippen molar-refractivity contribution >= 4 is 11.7 Å². The summed E-state index contributed by atoms with van der Waals surface area (Å²) < 4.78 is 27.1. The van der Waals surface area contributed by atoms with Gasteiger partial charge in [0, 0.05) is 31.4 Å². The highest BCUT2D eigenvalue weighted by molar-refractivity contribution is 5.89. The number of anilines is 1. The number of aryl methyl sites for hydroxylation is 1. The number of hydrogen-bond acceptors (Lipinski definition) is 2. The lowest BCUT2D eigenvalue weighted by molar-refractivity contribution is 0.167. The number of urea groups is 1. The Kier molecular flexibility index (Phi) is 7.91. The summed E-state index contributed by atoms with van der Waals surface area (Å²) in [6.45, 7) is 4.17. The summed E-state index contributed by atoms with van der Waals surface area (Å²) in [5, 5.41) is 5.83. The van der Waals surface area contributed by atoms with Gasteiger partial charge in [-0.15, -0.1) is 0 Å². The van der Waals surface area contributed by atoms with Crippen LogP contribution in [0, 0.1) is 11.6 Å². The third kappa shape index (κ3) is 6.41. The van der Waals surface area contributed by atoms with Gasteiger partial charge in [-0.25, -0.2) is 13.6 Å². The minimum Gasteiger partial charge on any atom is -0.338 e. The van der Waals surface area contributed by atoms with E-state index in [0.717, 1.165) is 61.2 Å². The highest BCUT2D eigenvalue weighted by Gasteiger charge is 2.26. The molecule has 4 rings (SSSR count). The predicted octanol–water partition coefficient (Wildman–Crippen LogP) is 5.71. The number of rotatable bonds is 8. The van der Waals surface area contributed by atoms with E-state index in [9.17, 15) is 13.6 Å². The summed E-state index contributed by atoms with van der Waals surface area (Å²) >= 11 is 0. The fraction of sp³-hybridized carbons (Fsp3) is 0.321. The molecule has 0 aliphatic carbocycles. The minimum absolute atomic E-state index is 0.186. The van der Waals surface area contributed by atoms with Crippen LogP contribution in [-0.4, -0.2) is 30.1 Å². The van der Waals surface area contributed by atoms with Crippen molar-refractivity contribution in [1.82, 2.24) is 10.2 Å². The topological polar surface area (TPSA) is 44.4 Å². The van der Waals surface area contributed by atoms with E-state index in [-0.39, 0.29) is 23.7 Å². The zero-order chi connectivity index (χ0) is 23.9. The van der Waals surface area contributed by atoms with E-state index in [0.29, 0.717) is 6.54 Å². The van der Waals surface area contributed by atoms with Gasteiger partial charge in [-0.1, -0.05) is 37.3 Å². The second-order valence-electron chi connectivity index (χ2n) is 8.86. The molecule has 0 spiro atoms. The Morgan fingerprint density at radius 1 is 0.971 bits per heavy atom. The van der Waals surface area contributed by atoms with E-state index in [1.54, 1.807) is 6.07 Å². The van der Waals surface area contributed by atoms with Gasteiger partial charge in [0.05, 0.1) is 0 Å². The SMILES string of the molecule is CCc1cccc(NC(=O)NCCCN2Cc3ccc(F)cc3CC2Cc2ccc(F)cc2)c1. The summed E-state index contributed by atoms with van der Waals surface area (Å²) in [6, 6.07) is 19.4. The number of amides is 2. The average molecular weight is 464 g/mol. The molecule has 4 nitrogen and oxygen atoms in total. The fourth-order valence-electron chi connectivity index (χ4n) is 4.55. The van der Waals surface area contributed by atoms with Gasteiger partial charge in [-0.05, 0) is 84.3 Å². The van der Waals surface area contributed by atoms with Crippen LogP contribution in [0.4, 0.5) is 19.3 Å². The molecule has 6 heteroatoms. The lowest BCUT2D eigenvalue weighted by atomic mass is 9.90. The predicted molar refractivity (Wildman–Crippen MR) is 132 cm³/mol. The van der Waals surface area contributed by atoms with Crippen LogP contribution in [0.1, 0.15) is 35.6 Å². The molecule has 1 heterocycles. The molecule has 1 aliphatic rings. The molecule has 34 heavy (non-hydrogen) atoms. The highest BCUT2D eigenvalue weighted by Crippen LogP contribution is 2.26. The molecule has 0 aromatic heterocycles. The van der Waals surface area contributed by atoms with Crippen LogP contribution in [0.15, 0.2) is 66.7 Å². The molecule has 0 fully saturated rings. The Balaban J connectivity index is 1.33. The van der Waals surface area contributed by atoms with Crippen molar-refractivity contribution < 1.29 is 13.6 Å². The van der Waals surface area contributed by atoms with E-state index < -0.39 is 0 Å². The monoisotopic (exact) mass is 463 g/mol. The van der Waals surface area contributed by atoms with Crippen molar-refractivity contribution in [2.75, 3.05) is 18.4 Å². The molecule has 0 saturated carbocycles. The molecular weight excluding hydrogens is 432 g/mol. The van der Waals surface area contributed by atoms with Crippen molar-refractivity contribution in [2.24, 2.45) is 0 Å². The van der Waals surface area contributed by atoms with Crippen LogP contribution in [0.25, 0.3) is 0 Å². The number of nitrogens with one attached hydrogen (secondary N) is 2. The van der Waals surface area contributed by atoms with Gasteiger partial charge < -0.3 is 10.6 Å². The maximum absolute atomic E-state index is 13.8. The Morgan fingerprint density at radius 2 is 1.76 bits per heavy atom. The van der Waals surface area contributed by atoms with Crippen molar-refractivity contribution in [1.29, 1.82) is 0 Å². The summed E-state index contributed by atoms with van der Waals surface area (Å²) in [6.07, 6.45) is 3.21. The summed E-state index contributed by atoms with van der Waals surface area (Å²) in [7, 11) is 0. The summed E-state index contributed by atoms with van der Waals surface area (Å²) in [5.41, 5.74) is 5.20. The number of carbonyl (C=O) groups excluding carboxylic acids is 1. The number of hydrogen-bond donors (Lipinski definition) is 2. The van der Waals surface area contributed by atoms with Gasteiger partial charge in [0.25, 0.3) is 0 Å². The van der Waals surface area contributed by atoms with Crippen LogP contribution in [0.3, 0.4) is 0 Å². The average Bonchev–Trinajstić information content (AvgIpc) is 2.83. The standard InChI is InChI=1S/C28H31F2N3O/c1-2-20-5-3-6-26(15-20)32-28(34)31-13-4-14-33-19-22-9-12-25(30)17-23(22)18-27(33)16-21-7-10-24(29)11-8-21/h3,5-12,15,17,27H,2,4,13-14,16,18-19H2,1H3,(H2,31,32,34). The molecule has 2 N–H and O–H groups in total. The first kappa shape index (κ1) is 23.9. The molecule has 3 aromatic rings. The maximum atomic E-state index is 13.8. The molecule has 1 aliphatic heterocycles. The van der Waals surface area contributed by atoms with Crippen LogP contribution < -0.4 is 10.6 Å². The van der Waals surface area contributed by atoms with E-state index in [1.807, 2.05) is 42.5 Å². The van der Waals surface area contributed by atoms with E-state index in [2.05, 4.69) is 22.5 Å². The molecule has 1 atom stereocenters. The molecule has 1 unspecified atom stereocenters. The number of fused-ring (bicyclic) bond motifs is 1. The molecule has 2 amide bonds. The number of benzene rings is 3. The number of halogens is 2. The second-order valence-corrected chi connectivity index (χ2v) is 8.86. The number of carbonyl (C=O) groups is 1. The zero-order valence-corrected chi connectivity index (χ0v) is 19.5. The van der Waals surface area contributed by atoms with E-state index >= 15 is 0 Å². The van der Waals surface area contributed by atoms with Gasteiger partial charge in [-0.3, -0.25) is 4.90 Å².